The Hall–Kier alpha value is -4.74. The van der Waals surface area contributed by atoms with Gasteiger partial charge in [-0.25, -0.2) is 4.79 Å². The van der Waals surface area contributed by atoms with Gasteiger partial charge in [0.15, 0.2) is 5.78 Å². The van der Waals surface area contributed by atoms with Gasteiger partial charge in [-0.15, -0.1) is 11.3 Å². The van der Waals surface area contributed by atoms with E-state index in [1.807, 2.05) is 12.1 Å². The maximum atomic E-state index is 12.9. The molecule has 0 radical (unpaired) electrons. The lowest BCUT2D eigenvalue weighted by atomic mass is 10.0. The van der Waals surface area contributed by atoms with Gasteiger partial charge in [-0.05, 0) is 37.6 Å². The standard InChI is InChI=1S/C25H19N3O7S/c1-4-34-25(30)24-14(2)19(13-27)23(36-24)11-20(29)15(12-26)9-17-6-8-21(35-17)18-7-5-16(28(31)32)10-22(18)33-3/h5-10H,4,11H2,1-3H3/b15-9+. The molecule has 2 heterocycles. The van der Waals surface area contributed by atoms with Gasteiger partial charge in [-0.2, -0.15) is 10.5 Å². The predicted molar refractivity (Wildman–Crippen MR) is 129 cm³/mol. The van der Waals surface area contributed by atoms with E-state index in [4.69, 9.17) is 13.9 Å². The zero-order chi connectivity index (χ0) is 26.4. The highest BCUT2D eigenvalue weighted by atomic mass is 32.1. The zero-order valence-electron chi connectivity index (χ0n) is 19.5. The third-order valence-electron chi connectivity index (χ3n) is 5.11. The number of furan rings is 1. The number of hydrogen-bond acceptors (Lipinski definition) is 10. The Bertz CT molecular complexity index is 1470. The number of thiophene rings is 1. The number of ether oxygens (including phenoxy) is 2. The third kappa shape index (κ3) is 5.32. The Morgan fingerprint density at radius 3 is 2.61 bits per heavy atom. The molecule has 2 aromatic heterocycles. The molecular weight excluding hydrogens is 486 g/mol. The van der Waals surface area contributed by atoms with Gasteiger partial charge in [0.25, 0.3) is 5.69 Å². The Labute approximate surface area is 209 Å². The van der Waals surface area contributed by atoms with Crippen LogP contribution in [0.25, 0.3) is 17.4 Å². The van der Waals surface area contributed by atoms with Crippen molar-refractivity contribution in [2.24, 2.45) is 0 Å². The summed E-state index contributed by atoms with van der Waals surface area (Å²) in [6.45, 7) is 3.44. The minimum absolute atomic E-state index is 0.147. The first-order valence-corrected chi connectivity index (χ1v) is 11.3. The van der Waals surface area contributed by atoms with Crippen molar-refractivity contribution in [3.05, 3.63) is 72.7 Å². The number of rotatable bonds is 9. The highest BCUT2D eigenvalue weighted by Crippen LogP contribution is 2.35. The number of carbonyl (C=O) groups excluding carboxylic acids is 2. The van der Waals surface area contributed by atoms with E-state index in [-0.39, 0.29) is 46.2 Å². The van der Waals surface area contributed by atoms with Crippen molar-refractivity contribution in [2.45, 2.75) is 20.3 Å². The first-order chi connectivity index (χ1) is 17.2. The van der Waals surface area contributed by atoms with E-state index in [2.05, 4.69) is 0 Å². The summed E-state index contributed by atoms with van der Waals surface area (Å²) in [5, 5.41) is 30.1. The molecule has 10 nitrogen and oxygen atoms in total. The number of Topliss-reactive ketones (excluding diaryl/α,β-unsaturated/α-hetero) is 1. The first-order valence-electron chi connectivity index (χ1n) is 10.5. The SMILES string of the molecule is CCOC(=O)c1sc(CC(=O)/C(C#N)=C/c2ccc(-c3ccc([N+](=O)[O-])cc3OC)o2)c(C#N)c1C. The molecule has 3 rings (SSSR count). The van der Waals surface area contributed by atoms with Crippen LogP contribution in [0.3, 0.4) is 0 Å². The van der Waals surface area contributed by atoms with E-state index in [0.717, 1.165) is 11.3 Å². The number of methoxy groups -OCH3 is 1. The second-order valence-corrected chi connectivity index (χ2v) is 8.41. The van der Waals surface area contributed by atoms with Crippen LogP contribution in [0.15, 0.2) is 40.3 Å². The van der Waals surface area contributed by atoms with Crippen LogP contribution >= 0.6 is 11.3 Å². The molecule has 36 heavy (non-hydrogen) atoms. The quantitative estimate of drug-likeness (QED) is 0.128. The zero-order valence-corrected chi connectivity index (χ0v) is 20.3. The second kappa shape index (κ2) is 11.1. The van der Waals surface area contributed by atoms with Crippen LogP contribution in [0.2, 0.25) is 0 Å². The van der Waals surface area contributed by atoms with Crippen molar-refractivity contribution in [1.29, 1.82) is 10.5 Å². The first kappa shape index (κ1) is 25.9. The summed E-state index contributed by atoms with van der Waals surface area (Å²) in [7, 11) is 1.37. The molecule has 0 fully saturated rings. The lowest BCUT2D eigenvalue weighted by Gasteiger charge is -2.05. The molecule has 0 unspecified atom stereocenters. The minimum Gasteiger partial charge on any atom is -0.496 e. The molecule has 0 amide bonds. The molecule has 0 bridgehead atoms. The number of carbonyl (C=O) groups is 2. The van der Waals surface area contributed by atoms with Gasteiger partial charge in [0, 0.05) is 23.4 Å². The summed E-state index contributed by atoms with van der Waals surface area (Å²) < 4.78 is 16.0. The van der Waals surface area contributed by atoms with Crippen molar-refractivity contribution >= 4 is 34.9 Å². The van der Waals surface area contributed by atoms with E-state index in [1.54, 1.807) is 19.9 Å². The summed E-state index contributed by atoms with van der Waals surface area (Å²) >= 11 is 0.990. The number of nitro groups is 1. The largest absolute Gasteiger partial charge is 0.496 e. The Balaban J connectivity index is 1.88. The minimum atomic E-state index is -0.573. The maximum absolute atomic E-state index is 12.9. The van der Waals surface area contributed by atoms with Gasteiger partial charge in [0.1, 0.15) is 34.3 Å². The smallest absolute Gasteiger partial charge is 0.348 e. The molecule has 0 aliphatic heterocycles. The Morgan fingerprint density at radius 1 is 1.25 bits per heavy atom. The molecular formula is C25H19N3O7S. The van der Waals surface area contributed by atoms with Gasteiger partial charge in [0.2, 0.25) is 0 Å². The van der Waals surface area contributed by atoms with Crippen LogP contribution in [0, 0.1) is 39.7 Å². The average Bonchev–Trinajstić information content (AvgIpc) is 3.45. The van der Waals surface area contributed by atoms with E-state index in [9.17, 15) is 30.2 Å². The summed E-state index contributed by atoms with van der Waals surface area (Å²) in [4.78, 5) is 36.1. The van der Waals surface area contributed by atoms with Gasteiger partial charge in [-0.3, -0.25) is 14.9 Å². The number of nitriles is 2. The van der Waals surface area contributed by atoms with E-state index < -0.39 is 16.7 Å². The number of esters is 1. The lowest BCUT2D eigenvalue weighted by molar-refractivity contribution is -0.384. The summed E-state index contributed by atoms with van der Waals surface area (Å²) in [6.07, 6.45) is 1.01. The number of benzene rings is 1. The van der Waals surface area contributed by atoms with Crippen molar-refractivity contribution in [3.63, 3.8) is 0 Å². The fraction of sp³-hybridized carbons (Fsp3) is 0.200. The van der Waals surface area contributed by atoms with Crippen molar-refractivity contribution in [1.82, 2.24) is 0 Å². The van der Waals surface area contributed by atoms with Gasteiger partial charge < -0.3 is 13.9 Å². The van der Waals surface area contributed by atoms with Gasteiger partial charge in [0.05, 0.1) is 41.4 Å². The van der Waals surface area contributed by atoms with Crippen LogP contribution in [0.5, 0.6) is 5.75 Å². The van der Waals surface area contributed by atoms with Crippen LogP contribution < -0.4 is 4.74 Å². The van der Waals surface area contributed by atoms with E-state index in [1.165, 1.54) is 37.5 Å². The number of nitro benzene ring substituents is 1. The van der Waals surface area contributed by atoms with Gasteiger partial charge in [-0.1, -0.05) is 0 Å². The van der Waals surface area contributed by atoms with Crippen LogP contribution in [0.4, 0.5) is 5.69 Å². The average molecular weight is 506 g/mol. The number of non-ortho nitro benzene ring substituents is 1. The highest BCUT2D eigenvalue weighted by molar-refractivity contribution is 7.14. The van der Waals surface area contributed by atoms with Crippen LogP contribution in [-0.4, -0.2) is 30.4 Å². The Kier molecular flexibility index (Phi) is 8.00. The lowest BCUT2D eigenvalue weighted by Crippen LogP contribution is -2.05. The second-order valence-electron chi connectivity index (χ2n) is 7.30. The number of allylic oxidation sites excluding steroid dienone is 1. The van der Waals surface area contributed by atoms with Crippen LogP contribution in [0.1, 0.15) is 38.4 Å². The topological polar surface area (TPSA) is 156 Å². The molecule has 0 saturated heterocycles. The van der Waals surface area contributed by atoms with Gasteiger partial charge >= 0.3 is 5.97 Å². The summed E-state index contributed by atoms with van der Waals surface area (Å²) in [5.41, 5.74) is 0.732. The normalized spacial score (nSPS) is 10.9. The monoisotopic (exact) mass is 505 g/mol. The van der Waals surface area contributed by atoms with Crippen molar-refractivity contribution in [3.8, 4) is 29.2 Å². The van der Waals surface area contributed by atoms with Crippen LogP contribution in [-0.2, 0) is 16.0 Å². The molecule has 0 aliphatic rings. The van der Waals surface area contributed by atoms with E-state index >= 15 is 0 Å². The molecule has 11 heteroatoms. The molecule has 0 saturated carbocycles. The molecule has 0 aliphatic carbocycles. The highest BCUT2D eigenvalue weighted by Gasteiger charge is 2.24. The summed E-state index contributed by atoms with van der Waals surface area (Å²) in [6, 6.07) is 11.0. The van der Waals surface area contributed by atoms with Crippen molar-refractivity contribution in [2.75, 3.05) is 13.7 Å². The molecule has 1 aromatic carbocycles. The van der Waals surface area contributed by atoms with Crippen molar-refractivity contribution < 1.29 is 28.4 Å². The number of hydrogen-bond donors (Lipinski definition) is 0. The molecule has 3 aromatic rings. The molecule has 182 valence electrons. The third-order valence-corrected chi connectivity index (χ3v) is 6.38. The summed E-state index contributed by atoms with van der Waals surface area (Å²) in [5.74, 6) is -0.393. The fourth-order valence-corrected chi connectivity index (χ4v) is 4.51. The number of ketones is 1. The van der Waals surface area contributed by atoms with E-state index in [0.29, 0.717) is 21.8 Å². The Morgan fingerprint density at radius 2 is 2.00 bits per heavy atom. The molecule has 0 N–H and O–H groups in total. The molecule has 0 atom stereocenters. The fourth-order valence-electron chi connectivity index (χ4n) is 3.37. The molecule has 0 spiro atoms. The maximum Gasteiger partial charge on any atom is 0.348 e. The number of nitrogens with zero attached hydrogens (tertiary/aromatic N) is 3. The predicted octanol–water partition coefficient (Wildman–Crippen LogP) is 5.00.